The molecule has 1 N–H and O–H groups in total. The van der Waals surface area contributed by atoms with Crippen molar-refractivity contribution in [1.82, 2.24) is 10.2 Å². The van der Waals surface area contributed by atoms with E-state index in [1.54, 1.807) is 44.1 Å². The number of thioether (sulfide) groups is 1. The molecule has 0 fully saturated rings. The van der Waals surface area contributed by atoms with Gasteiger partial charge in [0.2, 0.25) is 11.8 Å². The molecule has 0 aliphatic rings. The topological polar surface area (TPSA) is 58.6 Å². The van der Waals surface area contributed by atoms with Gasteiger partial charge in [-0.05, 0) is 43.4 Å². The van der Waals surface area contributed by atoms with Crippen LogP contribution >= 0.6 is 11.8 Å². The lowest BCUT2D eigenvalue weighted by molar-refractivity contribution is -0.138. The van der Waals surface area contributed by atoms with Crippen LogP contribution in [-0.4, -0.2) is 55.5 Å². The molecule has 0 spiro atoms. The lowest BCUT2D eigenvalue weighted by Crippen LogP contribution is -2.47. The van der Waals surface area contributed by atoms with Crippen molar-refractivity contribution in [3.63, 3.8) is 0 Å². The van der Waals surface area contributed by atoms with E-state index in [0.717, 1.165) is 5.75 Å². The average molecular weight is 370 g/mol. The van der Waals surface area contributed by atoms with Gasteiger partial charge < -0.3 is 15.0 Å². The molecule has 1 rings (SSSR count). The normalized spacial score (nSPS) is 11.7. The van der Waals surface area contributed by atoms with Crippen LogP contribution < -0.4 is 10.1 Å². The monoisotopic (exact) mass is 370 g/mol. The maximum absolute atomic E-state index is 13.4. The fourth-order valence-electron chi connectivity index (χ4n) is 2.37. The molecule has 1 atom stereocenters. The Bertz CT molecular complexity index is 557. The number of halogens is 1. The second-order valence-corrected chi connectivity index (χ2v) is 6.64. The highest BCUT2D eigenvalue weighted by atomic mass is 32.2. The molecule has 25 heavy (non-hydrogen) atoms. The molecule has 0 saturated heterocycles. The molecule has 0 aromatic heterocycles. The van der Waals surface area contributed by atoms with Crippen LogP contribution in [0.15, 0.2) is 24.3 Å². The number of hydrogen-bond donors (Lipinski definition) is 1. The molecule has 0 radical (unpaired) electrons. The Hall–Kier alpha value is -1.76. The highest BCUT2D eigenvalue weighted by molar-refractivity contribution is 7.98. The maximum Gasteiger partial charge on any atom is 0.242 e. The standard InChI is InChI=1S/C18H27FN2O3S/c1-20-18(23)15(11-13-25-3)21(2)17(22)10-6-7-12-24-16-9-5-4-8-14(16)19/h4-5,8-9,15H,6-7,10-13H2,1-3H3,(H,20,23). The van der Waals surface area contributed by atoms with Crippen molar-refractivity contribution in [2.24, 2.45) is 0 Å². The molecule has 1 aromatic carbocycles. The Balaban J connectivity index is 2.36. The van der Waals surface area contributed by atoms with E-state index < -0.39 is 6.04 Å². The van der Waals surface area contributed by atoms with Gasteiger partial charge in [0.25, 0.3) is 0 Å². The minimum absolute atomic E-state index is 0.0689. The van der Waals surface area contributed by atoms with Gasteiger partial charge in [-0.15, -0.1) is 0 Å². The molecule has 140 valence electrons. The third-order valence-corrected chi connectivity index (χ3v) is 4.53. The number of amides is 2. The lowest BCUT2D eigenvalue weighted by atomic mass is 10.1. The van der Waals surface area contributed by atoms with Crippen LogP contribution in [0.25, 0.3) is 0 Å². The second-order valence-electron chi connectivity index (χ2n) is 5.65. The van der Waals surface area contributed by atoms with E-state index in [4.69, 9.17) is 4.74 Å². The third-order valence-electron chi connectivity index (χ3n) is 3.88. The first-order valence-corrected chi connectivity index (χ1v) is 9.74. The minimum atomic E-state index is -0.445. The van der Waals surface area contributed by atoms with Crippen LogP contribution in [-0.2, 0) is 9.59 Å². The highest BCUT2D eigenvalue weighted by Gasteiger charge is 2.25. The quantitative estimate of drug-likeness (QED) is 0.609. The van der Waals surface area contributed by atoms with E-state index in [9.17, 15) is 14.0 Å². The lowest BCUT2D eigenvalue weighted by Gasteiger charge is -2.26. The zero-order valence-corrected chi connectivity index (χ0v) is 15.9. The summed E-state index contributed by atoms with van der Waals surface area (Å²) in [6.07, 6.45) is 4.20. The van der Waals surface area contributed by atoms with E-state index in [2.05, 4.69) is 5.32 Å². The summed E-state index contributed by atoms with van der Waals surface area (Å²) in [4.78, 5) is 25.8. The van der Waals surface area contributed by atoms with Crippen LogP contribution in [0.5, 0.6) is 5.75 Å². The molecule has 0 saturated carbocycles. The Morgan fingerprint density at radius 1 is 1.32 bits per heavy atom. The van der Waals surface area contributed by atoms with Crippen molar-refractivity contribution < 1.29 is 18.7 Å². The number of carbonyl (C=O) groups excluding carboxylic acids is 2. The van der Waals surface area contributed by atoms with Crippen LogP contribution in [0, 0.1) is 5.82 Å². The van der Waals surface area contributed by atoms with Gasteiger partial charge in [-0.3, -0.25) is 9.59 Å². The summed E-state index contributed by atoms with van der Waals surface area (Å²) in [5, 5.41) is 2.61. The molecule has 7 heteroatoms. The van der Waals surface area contributed by atoms with Gasteiger partial charge in [-0.1, -0.05) is 12.1 Å². The second kappa shape index (κ2) is 11.7. The number of nitrogens with one attached hydrogen (secondary N) is 1. The summed E-state index contributed by atoms with van der Waals surface area (Å²) in [7, 11) is 3.24. The van der Waals surface area contributed by atoms with Gasteiger partial charge in [0, 0.05) is 20.5 Å². The van der Waals surface area contributed by atoms with Crippen molar-refractivity contribution in [1.29, 1.82) is 0 Å². The number of nitrogens with zero attached hydrogens (tertiary/aromatic N) is 1. The molecular weight excluding hydrogens is 343 g/mol. The van der Waals surface area contributed by atoms with Crippen LogP contribution in [0.3, 0.4) is 0 Å². The molecule has 0 aliphatic carbocycles. The largest absolute Gasteiger partial charge is 0.491 e. The molecule has 1 unspecified atom stereocenters. The number of para-hydroxylation sites is 1. The number of carbonyl (C=O) groups is 2. The van der Waals surface area contributed by atoms with Crippen molar-refractivity contribution >= 4 is 23.6 Å². The first-order chi connectivity index (χ1) is 12.0. The first-order valence-electron chi connectivity index (χ1n) is 8.34. The Labute approximate surface area is 153 Å². The fourth-order valence-corrected chi connectivity index (χ4v) is 2.83. The SMILES string of the molecule is CNC(=O)C(CCSC)N(C)C(=O)CCCCOc1ccccc1F. The Morgan fingerprint density at radius 3 is 2.68 bits per heavy atom. The summed E-state index contributed by atoms with van der Waals surface area (Å²) in [5.41, 5.74) is 0. The van der Waals surface area contributed by atoms with E-state index in [1.165, 1.54) is 11.0 Å². The molecule has 5 nitrogen and oxygen atoms in total. The number of rotatable bonds is 11. The van der Waals surface area contributed by atoms with Gasteiger partial charge in [0.1, 0.15) is 6.04 Å². The van der Waals surface area contributed by atoms with Crippen molar-refractivity contribution in [2.45, 2.75) is 31.7 Å². The molecular formula is C18H27FN2O3S. The van der Waals surface area contributed by atoms with Gasteiger partial charge in [0.15, 0.2) is 11.6 Å². The summed E-state index contributed by atoms with van der Waals surface area (Å²) in [6, 6.07) is 5.80. The van der Waals surface area contributed by atoms with Crippen LogP contribution in [0.1, 0.15) is 25.7 Å². The van der Waals surface area contributed by atoms with Crippen molar-refractivity contribution in [2.75, 3.05) is 32.7 Å². The third kappa shape index (κ3) is 7.34. The summed E-state index contributed by atoms with van der Waals surface area (Å²) < 4.78 is 18.8. The zero-order chi connectivity index (χ0) is 18.7. The smallest absolute Gasteiger partial charge is 0.242 e. The molecule has 0 heterocycles. The molecule has 2 amide bonds. The van der Waals surface area contributed by atoms with Crippen molar-refractivity contribution in [3.8, 4) is 5.75 Å². The number of likely N-dealkylation sites (N-methyl/N-ethyl adjacent to an activating group) is 2. The highest BCUT2D eigenvalue weighted by Crippen LogP contribution is 2.16. The molecule has 1 aromatic rings. The van der Waals surface area contributed by atoms with Gasteiger partial charge in [0.05, 0.1) is 6.61 Å². The van der Waals surface area contributed by atoms with E-state index >= 15 is 0 Å². The van der Waals surface area contributed by atoms with E-state index in [1.807, 2.05) is 6.26 Å². The predicted octanol–water partition coefficient (Wildman–Crippen LogP) is 2.70. The van der Waals surface area contributed by atoms with Crippen molar-refractivity contribution in [3.05, 3.63) is 30.1 Å². The summed E-state index contributed by atoms with van der Waals surface area (Å²) in [6.45, 7) is 0.350. The zero-order valence-electron chi connectivity index (χ0n) is 15.1. The van der Waals surface area contributed by atoms with Crippen LogP contribution in [0.2, 0.25) is 0 Å². The average Bonchev–Trinajstić information content (AvgIpc) is 2.62. The fraction of sp³-hybridized carbons (Fsp3) is 0.556. The Kier molecular flexibility index (Phi) is 9.99. The number of unbranched alkanes of at least 4 members (excludes halogenated alkanes) is 1. The van der Waals surface area contributed by atoms with E-state index in [0.29, 0.717) is 32.3 Å². The van der Waals surface area contributed by atoms with Crippen LogP contribution in [0.4, 0.5) is 4.39 Å². The number of hydrogen-bond acceptors (Lipinski definition) is 4. The summed E-state index contributed by atoms with van der Waals surface area (Å²) >= 11 is 1.65. The maximum atomic E-state index is 13.4. The van der Waals surface area contributed by atoms with Gasteiger partial charge >= 0.3 is 0 Å². The van der Waals surface area contributed by atoms with E-state index in [-0.39, 0.29) is 23.4 Å². The Morgan fingerprint density at radius 2 is 2.04 bits per heavy atom. The predicted molar refractivity (Wildman–Crippen MR) is 99.4 cm³/mol. The van der Waals surface area contributed by atoms with Gasteiger partial charge in [-0.2, -0.15) is 11.8 Å². The van der Waals surface area contributed by atoms with Gasteiger partial charge in [-0.25, -0.2) is 4.39 Å². The number of benzene rings is 1. The summed E-state index contributed by atoms with van der Waals surface area (Å²) in [5.74, 6) is 0.434. The number of ether oxygens (including phenoxy) is 1. The first kappa shape index (κ1) is 21.3. The minimum Gasteiger partial charge on any atom is -0.491 e. The molecule has 0 bridgehead atoms. The molecule has 0 aliphatic heterocycles.